The second-order valence-electron chi connectivity index (χ2n) is 4.63. The lowest BCUT2D eigenvalue weighted by Crippen LogP contribution is -2.33. The Kier molecular flexibility index (Phi) is 4.34. The van der Waals surface area contributed by atoms with Gasteiger partial charge in [-0.1, -0.05) is 24.3 Å². The molecule has 0 aliphatic heterocycles. The van der Waals surface area contributed by atoms with Crippen LogP contribution in [0, 0.1) is 6.92 Å². The highest BCUT2D eigenvalue weighted by atomic mass is 16.2. The molecule has 1 aromatic carbocycles. The average Bonchev–Trinajstić information content (AvgIpc) is 2.83. The fourth-order valence-electron chi connectivity index (χ4n) is 1.99. The van der Waals surface area contributed by atoms with E-state index in [1.54, 1.807) is 4.90 Å². The predicted octanol–water partition coefficient (Wildman–Crippen LogP) is 1.22. The van der Waals surface area contributed by atoms with E-state index in [-0.39, 0.29) is 18.4 Å². The number of likely N-dealkylation sites (N-methyl/N-ethyl adjacent to an activating group) is 1. The molecule has 2 aromatic rings. The largest absolute Gasteiger partial charge is 0.367 e. The number of anilines is 1. The number of amides is 1. The zero-order valence-electron chi connectivity index (χ0n) is 11.8. The fourth-order valence-corrected chi connectivity index (χ4v) is 1.99. The summed E-state index contributed by atoms with van der Waals surface area (Å²) in [6.45, 7) is 5.42. The lowest BCUT2D eigenvalue weighted by molar-refractivity contribution is -0.132. The summed E-state index contributed by atoms with van der Waals surface area (Å²) in [6.07, 6.45) is 1.47. The van der Waals surface area contributed by atoms with Crippen molar-refractivity contribution in [3.8, 4) is 0 Å². The third kappa shape index (κ3) is 3.34. The zero-order valence-corrected chi connectivity index (χ0v) is 11.8. The summed E-state index contributed by atoms with van der Waals surface area (Å²) in [7, 11) is 0. The Hall–Kier alpha value is -2.37. The van der Waals surface area contributed by atoms with Crippen LogP contribution >= 0.6 is 0 Å². The molecule has 0 saturated heterocycles. The first-order valence-electron chi connectivity index (χ1n) is 6.57. The molecule has 1 heterocycles. The highest BCUT2D eigenvalue weighted by Crippen LogP contribution is 2.11. The van der Waals surface area contributed by atoms with Gasteiger partial charge in [0.1, 0.15) is 12.9 Å². The molecular formula is C14H19N5O. The highest BCUT2D eigenvalue weighted by molar-refractivity contribution is 5.75. The van der Waals surface area contributed by atoms with Crippen molar-refractivity contribution >= 4 is 11.9 Å². The van der Waals surface area contributed by atoms with Crippen molar-refractivity contribution in [2.45, 2.75) is 26.9 Å². The van der Waals surface area contributed by atoms with Gasteiger partial charge in [0.15, 0.2) is 0 Å². The molecule has 2 N–H and O–H groups in total. The second-order valence-corrected chi connectivity index (χ2v) is 4.63. The molecule has 0 atom stereocenters. The Bertz CT molecular complexity index is 593. The van der Waals surface area contributed by atoms with Gasteiger partial charge in [-0.05, 0) is 25.0 Å². The van der Waals surface area contributed by atoms with Crippen molar-refractivity contribution < 1.29 is 4.79 Å². The minimum Gasteiger partial charge on any atom is -0.367 e. The van der Waals surface area contributed by atoms with Crippen molar-refractivity contribution in [1.29, 1.82) is 0 Å². The van der Waals surface area contributed by atoms with Crippen LogP contribution in [0.2, 0.25) is 0 Å². The van der Waals surface area contributed by atoms with Crippen LogP contribution in [0.25, 0.3) is 0 Å². The quantitative estimate of drug-likeness (QED) is 0.888. The lowest BCUT2D eigenvalue weighted by Gasteiger charge is -2.21. The van der Waals surface area contributed by atoms with Crippen molar-refractivity contribution in [1.82, 2.24) is 19.7 Å². The van der Waals surface area contributed by atoms with Crippen LogP contribution < -0.4 is 5.73 Å². The average molecular weight is 273 g/mol. The van der Waals surface area contributed by atoms with Gasteiger partial charge in [0.05, 0.1) is 0 Å². The maximum atomic E-state index is 12.3. The number of nitrogen functional groups attached to an aromatic ring is 1. The summed E-state index contributed by atoms with van der Waals surface area (Å²) in [4.78, 5) is 17.9. The first-order valence-corrected chi connectivity index (χ1v) is 6.57. The zero-order chi connectivity index (χ0) is 14.5. The number of nitrogens with two attached hydrogens (primary N) is 1. The van der Waals surface area contributed by atoms with Crippen LogP contribution in [0.15, 0.2) is 30.6 Å². The summed E-state index contributed by atoms with van der Waals surface area (Å²) < 4.78 is 1.46. The summed E-state index contributed by atoms with van der Waals surface area (Å²) in [5, 5.41) is 3.93. The van der Waals surface area contributed by atoms with Crippen LogP contribution in [0.4, 0.5) is 5.95 Å². The molecule has 0 fully saturated rings. The van der Waals surface area contributed by atoms with E-state index >= 15 is 0 Å². The normalized spacial score (nSPS) is 10.5. The van der Waals surface area contributed by atoms with Gasteiger partial charge < -0.3 is 10.6 Å². The summed E-state index contributed by atoms with van der Waals surface area (Å²) in [5.41, 5.74) is 7.78. The van der Waals surface area contributed by atoms with Crippen LogP contribution in [-0.4, -0.2) is 32.1 Å². The lowest BCUT2D eigenvalue weighted by atomic mass is 10.1. The smallest absolute Gasteiger partial charge is 0.244 e. The molecule has 0 saturated carbocycles. The molecule has 2 rings (SSSR count). The molecule has 0 aliphatic carbocycles. The monoisotopic (exact) mass is 273 g/mol. The third-order valence-corrected chi connectivity index (χ3v) is 3.21. The number of nitrogens with zero attached hydrogens (tertiary/aromatic N) is 4. The number of hydrogen-bond donors (Lipinski definition) is 1. The van der Waals surface area contributed by atoms with Gasteiger partial charge >= 0.3 is 0 Å². The Morgan fingerprint density at radius 1 is 1.40 bits per heavy atom. The van der Waals surface area contributed by atoms with Gasteiger partial charge in [0.2, 0.25) is 11.9 Å². The van der Waals surface area contributed by atoms with Gasteiger partial charge in [-0.3, -0.25) is 4.79 Å². The number of aryl methyl sites for hydroxylation is 1. The first kappa shape index (κ1) is 14.0. The van der Waals surface area contributed by atoms with Crippen LogP contribution in [0.5, 0.6) is 0 Å². The standard InChI is InChI=1S/C14H19N5O/c1-3-18(8-12-7-5-4-6-11(12)2)13(20)9-19-10-16-14(15)17-19/h4-7,10H,3,8-9H2,1-2H3,(H2,15,17). The molecule has 0 aliphatic rings. The Labute approximate surface area is 118 Å². The Balaban J connectivity index is 2.04. The van der Waals surface area contributed by atoms with E-state index in [9.17, 15) is 4.79 Å². The van der Waals surface area contributed by atoms with Gasteiger partial charge in [-0.15, -0.1) is 5.10 Å². The van der Waals surface area contributed by atoms with E-state index in [2.05, 4.69) is 10.1 Å². The minimum absolute atomic E-state index is 0.000605. The number of rotatable bonds is 5. The Morgan fingerprint density at radius 2 is 2.15 bits per heavy atom. The topological polar surface area (TPSA) is 77.0 Å². The number of carbonyl (C=O) groups is 1. The van der Waals surface area contributed by atoms with Crippen LogP contribution in [0.1, 0.15) is 18.1 Å². The number of benzene rings is 1. The molecule has 6 heteroatoms. The maximum Gasteiger partial charge on any atom is 0.244 e. The molecule has 106 valence electrons. The van der Waals surface area contributed by atoms with E-state index in [4.69, 9.17) is 5.73 Å². The summed E-state index contributed by atoms with van der Waals surface area (Å²) >= 11 is 0. The molecule has 0 unspecified atom stereocenters. The van der Waals surface area contributed by atoms with Crippen molar-refractivity contribution in [3.05, 3.63) is 41.7 Å². The van der Waals surface area contributed by atoms with Gasteiger partial charge in [0, 0.05) is 13.1 Å². The summed E-state index contributed by atoms with van der Waals surface area (Å²) in [5.74, 6) is 0.181. The van der Waals surface area contributed by atoms with Crippen LogP contribution in [0.3, 0.4) is 0 Å². The van der Waals surface area contributed by atoms with E-state index < -0.39 is 0 Å². The van der Waals surface area contributed by atoms with Gasteiger partial charge in [-0.2, -0.15) is 0 Å². The molecule has 0 bridgehead atoms. The van der Waals surface area contributed by atoms with Crippen LogP contribution in [-0.2, 0) is 17.9 Å². The molecule has 0 radical (unpaired) electrons. The molecule has 1 aromatic heterocycles. The van der Waals surface area contributed by atoms with E-state index in [0.29, 0.717) is 13.1 Å². The molecule has 6 nitrogen and oxygen atoms in total. The van der Waals surface area contributed by atoms with Crippen molar-refractivity contribution in [3.63, 3.8) is 0 Å². The molecule has 1 amide bonds. The predicted molar refractivity (Wildman–Crippen MR) is 76.7 cm³/mol. The van der Waals surface area contributed by atoms with Crippen molar-refractivity contribution in [2.75, 3.05) is 12.3 Å². The second kappa shape index (κ2) is 6.18. The number of aromatic nitrogens is 3. The van der Waals surface area contributed by atoms with E-state index in [1.807, 2.05) is 38.1 Å². The molecular weight excluding hydrogens is 254 g/mol. The summed E-state index contributed by atoms with van der Waals surface area (Å²) in [6, 6.07) is 8.07. The first-order chi connectivity index (χ1) is 9.60. The molecule has 0 spiro atoms. The van der Waals surface area contributed by atoms with Gasteiger partial charge in [-0.25, -0.2) is 9.67 Å². The fraction of sp³-hybridized carbons (Fsp3) is 0.357. The minimum atomic E-state index is 0.000605. The van der Waals surface area contributed by atoms with E-state index in [1.165, 1.54) is 16.6 Å². The van der Waals surface area contributed by atoms with E-state index in [0.717, 1.165) is 5.56 Å². The maximum absolute atomic E-state index is 12.3. The number of hydrogen-bond acceptors (Lipinski definition) is 4. The highest BCUT2D eigenvalue weighted by Gasteiger charge is 2.14. The molecule has 20 heavy (non-hydrogen) atoms. The Morgan fingerprint density at radius 3 is 2.75 bits per heavy atom. The van der Waals surface area contributed by atoms with Crippen molar-refractivity contribution in [2.24, 2.45) is 0 Å². The SMILES string of the molecule is CCN(Cc1ccccc1C)C(=O)Cn1cnc(N)n1. The van der Waals surface area contributed by atoms with Gasteiger partial charge in [0.25, 0.3) is 0 Å². The third-order valence-electron chi connectivity index (χ3n) is 3.21. The number of carbonyl (C=O) groups excluding carboxylic acids is 1.